The van der Waals surface area contributed by atoms with Crippen LogP contribution in [0, 0.1) is 39.4 Å². The number of carbonyl (C=O) groups excluding carboxylic acids is 1. The maximum absolute atomic E-state index is 15.8. The molecule has 0 unspecified atom stereocenters. The topological polar surface area (TPSA) is 105 Å². The number of hydrogen-bond donors (Lipinski definition) is 2. The molecule has 0 saturated carbocycles. The summed E-state index contributed by atoms with van der Waals surface area (Å²) < 4.78 is 44.3. The third-order valence-electron chi connectivity index (χ3n) is 8.52. The van der Waals surface area contributed by atoms with Gasteiger partial charge in [-0.15, -0.1) is 0 Å². The highest BCUT2D eigenvalue weighted by Crippen LogP contribution is 2.33. The lowest BCUT2D eigenvalue weighted by Crippen LogP contribution is -2.42. The highest BCUT2D eigenvalue weighted by atomic mass is 19.2. The third-order valence-corrected chi connectivity index (χ3v) is 8.52. The number of likely N-dealkylation sites (tertiary alicyclic amines) is 1. The van der Waals surface area contributed by atoms with E-state index in [-0.39, 0.29) is 31.0 Å². The van der Waals surface area contributed by atoms with Gasteiger partial charge < -0.3 is 10.4 Å². The molecule has 0 bridgehead atoms. The van der Waals surface area contributed by atoms with E-state index in [9.17, 15) is 28.3 Å². The number of halogens is 3. The average Bonchev–Trinajstić information content (AvgIpc) is 3.29. The van der Waals surface area contributed by atoms with Crippen LogP contribution in [-0.2, 0) is 16.0 Å². The molecule has 1 aromatic heterocycles. The Hall–Kier alpha value is -3.99. The number of aromatic nitrogens is 2. The number of carboxylic acid groups (broad SMARTS) is 1. The van der Waals surface area contributed by atoms with Gasteiger partial charge in [0.1, 0.15) is 24.2 Å². The van der Waals surface area contributed by atoms with Gasteiger partial charge in [-0.3, -0.25) is 19.3 Å². The molecule has 8 nitrogen and oxygen atoms in total. The number of aliphatic carboxylic acids is 1. The molecule has 46 heavy (non-hydrogen) atoms. The normalized spacial score (nSPS) is 18.1. The van der Waals surface area contributed by atoms with Gasteiger partial charge in [-0.2, -0.15) is 5.10 Å². The Morgan fingerprint density at radius 3 is 2.22 bits per heavy atom. The SMILES string of the molecule is Cc1cc(-c2c(C)cccc2C)cc([C@H](CC(=O)O)NC(=O)[C@H](CC(C)C)n2nc(CCN3C[C@H](F)[C@@H](F)C3)cc(C)c2=O)c1F. The quantitative estimate of drug-likeness (QED) is 0.262. The molecule has 4 rings (SSSR count). The Bertz CT molecular complexity index is 1630. The number of benzene rings is 2. The number of carbonyl (C=O) groups is 2. The van der Waals surface area contributed by atoms with Crippen LogP contribution in [0.2, 0.25) is 0 Å². The molecule has 11 heteroatoms. The van der Waals surface area contributed by atoms with Gasteiger partial charge >= 0.3 is 5.97 Å². The zero-order chi connectivity index (χ0) is 33.9. The van der Waals surface area contributed by atoms with Crippen molar-refractivity contribution in [3.05, 3.63) is 86.1 Å². The largest absolute Gasteiger partial charge is 0.481 e. The van der Waals surface area contributed by atoms with Crippen LogP contribution in [0.25, 0.3) is 11.1 Å². The van der Waals surface area contributed by atoms with Gasteiger partial charge in [-0.05, 0) is 86.1 Å². The van der Waals surface area contributed by atoms with E-state index in [1.807, 2.05) is 45.9 Å². The molecule has 0 aliphatic carbocycles. The van der Waals surface area contributed by atoms with Crippen LogP contribution in [0.15, 0.2) is 41.2 Å². The van der Waals surface area contributed by atoms with Crippen molar-refractivity contribution in [1.29, 1.82) is 0 Å². The average molecular weight is 641 g/mol. The van der Waals surface area contributed by atoms with E-state index in [0.29, 0.717) is 35.3 Å². The highest BCUT2D eigenvalue weighted by molar-refractivity contribution is 5.82. The van der Waals surface area contributed by atoms with Crippen LogP contribution in [0.5, 0.6) is 0 Å². The molecule has 1 amide bonds. The summed E-state index contributed by atoms with van der Waals surface area (Å²) in [6.07, 6.45) is -3.18. The van der Waals surface area contributed by atoms with Gasteiger partial charge in [0.05, 0.1) is 18.2 Å². The maximum Gasteiger partial charge on any atom is 0.305 e. The summed E-state index contributed by atoms with van der Waals surface area (Å²) in [5.41, 5.74) is 4.18. The maximum atomic E-state index is 15.8. The van der Waals surface area contributed by atoms with Crippen molar-refractivity contribution < 1.29 is 27.9 Å². The number of carboxylic acids is 1. The van der Waals surface area contributed by atoms with Crippen LogP contribution >= 0.6 is 0 Å². The van der Waals surface area contributed by atoms with Crippen LogP contribution in [0.1, 0.15) is 72.3 Å². The number of hydrogen-bond acceptors (Lipinski definition) is 5. The van der Waals surface area contributed by atoms with E-state index < -0.39 is 54.1 Å². The highest BCUT2D eigenvalue weighted by Gasteiger charge is 2.33. The molecular formula is C35H43F3N4O4. The van der Waals surface area contributed by atoms with E-state index >= 15 is 4.39 Å². The number of alkyl halides is 2. The van der Waals surface area contributed by atoms with Crippen LogP contribution in [0.4, 0.5) is 13.2 Å². The molecule has 1 saturated heterocycles. The summed E-state index contributed by atoms with van der Waals surface area (Å²) >= 11 is 0. The number of nitrogens with one attached hydrogen (secondary N) is 1. The van der Waals surface area contributed by atoms with Gasteiger partial charge in [0.2, 0.25) is 5.91 Å². The van der Waals surface area contributed by atoms with Crippen molar-refractivity contribution in [2.45, 2.75) is 85.2 Å². The van der Waals surface area contributed by atoms with Crippen LogP contribution < -0.4 is 10.9 Å². The molecule has 248 valence electrons. The molecule has 4 atom stereocenters. The molecule has 0 radical (unpaired) electrons. The second-order valence-electron chi connectivity index (χ2n) is 12.9. The fourth-order valence-electron chi connectivity index (χ4n) is 6.20. The predicted molar refractivity (Wildman–Crippen MR) is 171 cm³/mol. The third kappa shape index (κ3) is 8.04. The molecule has 1 aliphatic heterocycles. The summed E-state index contributed by atoms with van der Waals surface area (Å²) in [7, 11) is 0. The summed E-state index contributed by atoms with van der Waals surface area (Å²) in [5.74, 6) is -2.59. The van der Waals surface area contributed by atoms with Gasteiger partial charge in [-0.1, -0.05) is 32.0 Å². The molecule has 1 aliphatic rings. The summed E-state index contributed by atoms with van der Waals surface area (Å²) in [4.78, 5) is 41.0. The molecule has 3 aromatic rings. The first-order chi connectivity index (χ1) is 21.7. The second-order valence-corrected chi connectivity index (χ2v) is 12.9. The minimum atomic E-state index is -1.54. The summed E-state index contributed by atoms with van der Waals surface area (Å²) in [6.45, 7) is 11.1. The Balaban J connectivity index is 1.70. The summed E-state index contributed by atoms with van der Waals surface area (Å²) in [6, 6.07) is 8.34. The minimum absolute atomic E-state index is 0.0240. The van der Waals surface area contributed by atoms with Crippen molar-refractivity contribution in [3.8, 4) is 11.1 Å². The number of rotatable bonds is 12. The minimum Gasteiger partial charge on any atom is -0.481 e. The Morgan fingerprint density at radius 1 is 1.00 bits per heavy atom. The Morgan fingerprint density at radius 2 is 1.63 bits per heavy atom. The lowest BCUT2D eigenvalue weighted by atomic mass is 9.90. The predicted octanol–water partition coefficient (Wildman–Crippen LogP) is 5.74. The van der Waals surface area contributed by atoms with Crippen LogP contribution in [0.3, 0.4) is 0 Å². The lowest BCUT2D eigenvalue weighted by molar-refractivity contribution is -0.138. The Labute approximate surface area is 267 Å². The van der Waals surface area contributed by atoms with Gasteiger partial charge in [-0.25, -0.2) is 17.9 Å². The molecule has 2 heterocycles. The number of amides is 1. The van der Waals surface area contributed by atoms with Crippen molar-refractivity contribution in [2.75, 3.05) is 19.6 Å². The van der Waals surface area contributed by atoms with Gasteiger partial charge in [0.15, 0.2) is 0 Å². The van der Waals surface area contributed by atoms with E-state index in [1.165, 1.54) is 0 Å². The van der Waals surface area contributed by atoms with Crippen molar-refractivity contribution in [3.63, 3.8) is 0 Å². The number of aryl methyl sites for hydroxylation is 4. The van der Waals surface area contributed by atoms with Crippen LogP contribution in [-0.4, -0.2) is 63.6 Å². The first kappa shape index (κ1) is 34.9. The van der Waals surface area contributed by atoms with E-state index in [4.69, 9.17) is 0 Å². The van der Waals surface area contributed by atoms with Gasteiger partial charge in [0.25, 0.3) is 5.56 Å². The zero-order valence-electron chi connectivity index (χ0n) is 27.2. The molecule has 2 aromatic carbocycles. The Kier molecular flexibility index (Phi) is 11.1. The molecule has 0 spiro atoms. The van der Waals surface area contributed by atoms with Crippen molar-refractivity contribution in [1.82, 2.24) is 20.0 Å². The monoisotopic (exact) mass is 640 g/mol. The van der Waals surface area contributed by atoms with E-state index in [2.05, 4.69) is 10.4 Å². The van der Waals surface area contributed by atoms with Crippen molar-refractivity contribution >= 4 is 11.9 Å². The van der Waals surface area contributed by atoms with E-state index in [1.54, 1.807) is 36.9 Å². The smallest absolute Gasteiger partial charge is 0.305 e. The second kappa shape index (κ2) is 14.6. The first-order valence-corrected chi connectivity index (χ1v) is 15.6. The fourth-order valence-corrected chi connectivity index (χ4v) is 6.20. The van der Waals surface area contributed by atoms with Gasteiger partial charge in [0, 0.05) is 37.2 Å². The first-order valence-electron chi connectivity index (χ1n) is 15.6. The van der Waals surface area contributed by atoms with E-state index in [0.717, 1.165) is 21.4 Å². The van der Waals surface area contributed by atoms with Crippen molar-refractivity contribution in [2.24, 2.45) is 5.92 Å². The zero-order valence-corrected chi connectivity index (χ0v) is 27.2. The lowest BCUT2D eigenvalue weighted by Gasteiger charge is -2.26. The molecule has 2 N–H and O–H groups in total. The fraction of sp³-hybridized carbons (Fsp3) is 0.486. The molecular weight excluding hydrogens is 597 g/mol. The number of nitrogens with zero attached hydrogens (tertiary/aromatic N) is 3. The standard InChI is InChI=1S/C35H43F3N4O4/c1-19(2)12-30(42-35(46)23(6)14-25(40-42)10-11-41-17-27(36)28(37)18-41)34(45)39-29(16-31(43)44)26-15-24(13-22(5)33(26)38)32-20(3)8-7-9-21(32)4/h7-9,13-15,19,27-30H,10-12,16-18H2,1-6H3,(H,39,45)(H,43,44)/t27-,28-,29-,30-/m0/s1. The summed E-state index contributed by atoms with van der Waals surface area (Å²) in [5, 5.41) is 17.0. The molecule has 1 fully saturated rings.